The number of carbonyl (C=O) groups is 1. The van der Waals surface area contributed by atoms with Gasteiger partial charge in [0.05, 0.1) is 6.26 Å². The molecule has 1 aromatic heterocycles. The van der Waals surface area contributed by atoms with E-state index in [-0.39, 0.29) is 5.78 Å². The molecule has 1 rings (SSSR count). The molecule has 2 nitrogen and oxygen atoms in total. The molecule has 0 N–H and O–H groups in total. The highest BCUT2D eigenvalue weighted by Crippen LogP contribution is 2.03. The highest BCUT2D eigenvalue weighted by atomic mass is 16.3. The van der Waals surface area contributed by atoms with Gasteiger partial charge in [0.25, 0.3) is 0 Å². The maximum Gasteiger partial charge on any atom is 0.130 e. The normalized spacial score (nSPS) is 10.8. The van der Waals surface area contributed by atoms with Crippen LogP contribution in [0.15, 0.2) is 28.9 Å². The Kier molecular flexibility index (Phi) is 3.33. The third-order valence-electron chi connectivity index (χ3n) is 1.49. The second-order valence-electron chi connectivity index (χ2n) is 2.66. The van der Waals surface area contributed by atoms with Crippen LogP contribution < -0.4 is 0 Å². The lowest BCUT2D eigenvalue weighted by molar-refractivity contribution is -0.116. The smallest absolute Gasteiger partial charge is 0.130 e. The average Bonchev–Trinajstić information content (AvgIpc) is 2.49. The number of allylic oxidation sites excluding steroid dienone is 1. The van der Waals surface area contributed by atoms with Crippen LogP contribution in [0.2, 0.25) is 0 Å². The van der Waals surface area contributed by atoms with Gasteiger partial charge in [0.15, 0.2) is 0 Å². The Labute approximate surface area is 71.9 Å². The van der Waals surface area contributed by atoms with Gasteiger partial charge in [-0.2, -0.15) is 0 Å². The summed E-state index contributed by atoms with van der Waals surface area (Å²) in [4.78, 5) is 10.5. The van der Waals surface area contributed by atoms with E-state index in [1.807, 2.05) is 24.3 Å². The summed E-state index contributed by atoms with van der Waals surface area (Å²) in [5.74, 6) is 1.05. The lowest BCUT2D eigenvalue weighted by Crippen LogP contribution is -1.85. The third-order valence-corrected chi connectivity index (χ3v) is 1.49. The molecule has 0 saturated heterocycles. The summed E-state index contributed by atoms with van der Waals surface area (Å²) >= 11 is 0. The van der Waals surface area contributed by atoms with Gasteiger partial charge in [-0.05, 0) is 31.6 Å². The van der Waals surface area contributed by atoms with Gasteiger partial charge in [-0.25, -0.2) is 0 Å². The molecule has 0 atom stereocenters. The largest absolute Gasteiger partial charge is 0.465 e. The summed E-state index contributed by atoms with van der Waals surface area (Å²) in [6.07, 6.45) is 6.85. The first-order chi connectivity index (χ1) is 5.79. The minimum Gasteiger partial charge on any atom is -0.465 e. The molecule has 12 heavy (non-hydrogen) atoms. The zero-order chi connectivity index (χ0) is 8.81. The van der Waals surface area contributed by atoms with Crippen molar-refractivity contribution in [2.45, 2.75) is 19.8 Å². The molecule has 0 radical (unpaired) electrons. The van der Waals surface area contributed by atoms with Crippen LogP contribution in [0.4, 0.5) is 0 Å². The summed E-state index contributed by atoms with van der Waals surface area (Å²) in [5, 5.41) is 0. The summed E-state index contributed by atoms with van der Waals surface area (Å²) < 4.78 is 5.07. The highest BCUT2D eigenvalue weighted by Gasteiger charge is 1.89. The van der Waals surface area contributed by atoms with Crippen LogP contribution in [0.5, 0.6) is 0 Å². The van der Waals surface area contributed by atoms with E-state index in [0.29, 0.717) is 6.42 Å². The van der Waals surface area contributed by atoms with Crippen LogP contribution in [0.1, 0.15) is 25.5 Å². The van der Waals surface area contributed by atoms with E-state index in [1.165, 1.54) is 0 Å². The van der Waals surface area contributed by atoms with Crippen molar-refractivity contribution < 1.29 is 9.21 Å². The van der Waals surface area contributed by atoms with Gasteiger partial charge < -0.3 is 9.21 Å². The van der Waals surface area contributed by atoms with Crippen LogP contribution in [0.3, 0.4) is 0 Å². The van der Waals surface area contributed by atoms with Crippen molar-refractivity contribution >= 4 is 11.9 Å². The molecule has 0 bridgehead atoms. The quantitative estimate of drug-likeness (QED) is 0.684. The first-order valence-electron chi connectivity index (χ1n) is 3.98. The Morgan fingerprint density at radius 2 is 2.50 bits per heavy atom. The van der Waals surface area contributed by atoms with Gasteiger partial charge in [0, 0.05) is 6.42 Å². The second-order valence-corrected chi connectivity index (χ2v) is 2.66. The highest BCUT2D eigenvalue weighted by molar-refractivity contribution is 5.75. The van der Waals surface area contributed by atoms with E-state index in [2.05, 4.69) is 0 Å². The predicted octanol–water partition coefficient (Wildman–Crippen LogP) is 2.66. The van der Waals surface area contributed by atoms with Crippen LogP contribution in [-0.2, 0) is 4.79 Å². The van der Waals surface area contributed by atoms with Crippen LogP contribution in [0, 0.1) is 0 Å². The minimum absolute atomic E-state index is 0.221. The van der Waals surface area contributed by atoms with E-state index < -0.39 is 0 Å². The topological polar surface area (TPSA) is 30.2 Å². The molecule has 64 valence electrons. The van der Waals surface area contributed by atoms with E-state index in [0.717, 1.165) is 12.2 Å². The van der Waals surface area contributed by atoms with Crippen LogP contribution >= 0.6 is 0 Å². The zero-order valence-corrected chi connectivity index (χ0v) is 7.12. The van der Waals surface area contributed by atoms with Crippen molar-refractivity contribution in [1.29, 1.82) is 0 Å². The van der Waals surface area contributed by atoms with E-state index in [9.17, 15) is 4.79 Å². The molecular formula is C10H12O2. The standard InChI is InChI=1S/C10H12O2/c1-9(11)5-2-3-6-10-7-4-8-12-10/h3-4,6-8H,2,5H2,1H3/b6-3+. The molecule has 0 aromatic carbocycles. The Morgan fingerprint density at radius 1 is 1.67 bits per heavy atom. The number of hydrogen-bond acceptors (Lipinski definition) is 2. The number of ketones is 1. The molecular weight excluding hydrogens is 152 g/mol. The van der Waals surface area contributed by atoms with E-state index in [4.69, 9.17) is 4.42 Å². The fourth-order valence-electron chi connectivity index (χ4n) is 0.872. The molecule has 0 unspecified atom stereocenters. The number of furan rings is 1. The van der Waals surface area contributed by atoms with Crippen LogP contribution in [-0.4, -0.2) is 5.78 Å². The molecule has 0 aliphatic carbocycles. The van der Waals surface area contributed by atoms with Crippen molar-refractivity contribution in [3.8, 4) is 0 Å². The summed E-state index contributed by atoms with van der Waals surface area (Å²) in [6, 6.07) is 3.72. The fourth-order valence-corrected chi connectivity index (χ4v) is 0.872. The summed E-state index contributed by atoms with van der Waals surface area (Å²) in [7, 11) is 0. The second kappa shape index (κ2) is 4.54. The predicted molar refractivity (Wildman–Crippen MR) is 47.7 cm³/mol. The molecule has 0 amide bonds. The molecule has 0 saturated carbocycles. The van der Waals surface area contributed by atoms with Gasteiger partial charge in [0.2, 0.25) is 0 Å². The summed E-state index contributed by atoms with van der Waals surface area (Å²) in [5.41, 5.74) is 0. The average molecular weight is 164 g/mol. The van der Waals surface area contributed by atoms with Crippen molar-refractivity contribution in [1.82, 2.24) is 0 Å². The fraction of sp³-hybridized carbons (Fsp3) is 0.300. The molecule has 0 aliphatic rings. The third kappa shape index (κ3) is 3.19. The SMILES string of the molecule is CC(=O)CC/C=C/c1ccco1. The minimum atomic E-state index is 0.221. The van der Waals surface area contributed by atoms with Crippen molar-refractivity contribution in [2.24, 2.45) is 0 Å². The molecule has 0 spiro atoms. The summed E-state index contributed by atoms with van der Waals surface area (Å²) in [6.45, 7) is 1.60. The monoisotopic (exact) mass is 164 g/mol. The number of Topliss-reactive ketones (excluding diaryl/α,β-unsaturated/α-hetero) is 1. The first kappa shape index (κ1) is 8.78. The Bertz CT molecular complexity index is 257. The van der Waals surface area contributed by atoms with Gasteiger partial charge >= 0.3 is 0 Å². The Balaban J connectivity index is 2.27. The molecule has 2 heteroatoms. The van der Waals surface area contributed by atoms with Gasteiger partial charge in [0.1, 0.15) is 11.5 Å². The lowest BCUT2D eigenvalue weighted by Gasteiger charge is -1.87. The van der Waals surface area contributed by atoms with Crippen LogP contribution in [0.25, 0.3) is 6.08 Å². The Morgan fingerprint density at radius 3 is 3.08 bits per heavy atom. The lowest BCUT2D eigenvalue weighted by atomic mass is 10.2. The molecule has 1 heterocycles. The number of rotatable bonds is 4. The number of hydrogen-bond donors (Lipinski definition) is 0. The molecule has 0 fully saturated rings. The number of carbonyl (C=O) groups excluding carboxylic acids is 1. The van der Waals surface area contributed by atoms with Gasteiger partial charge in [-0.15, -0.1) is 0 Å². The van der Waals surface area contributed by atoms with Crippen molar-refractivity contribution in [3.05, 3.63) is 30.2 Å². The maximum absolute atomic E-state index is 10.5. The molecule has 1 aromatic rings. The van der Waals surface area contributed by atoms with E-state index >= 15 is 0 Å². The van der Waals surface area contributed by atoms with Crippen molar-refractivity contribution in [2.75, 3.05) is 0 Å². The Hall–Kier alpha value is -1.31. The maximum atomic E-state index is 10.5. The zero-order valence-electron chi connectivity index (χ0n) is 7.12. The van der Waals surface area contributed by atoms with E-state index in [1.54, 1.807) is 13.2 Å². The first-order valence-corrected chi connectivity index (χ1v) is 3.98. The van der Waals surface area contributed by atoms with Gasteiger partial charge in [-0.1, -0.05) is 6.08 Å². The molecule has 0 aliphatic heterocycles. The van der Waals surface area contributed by atoms with Gasteiger partial charge in [-0.3, -0.25) is 0 Å². The van der Waals surface area contributed by atoms with Crippen molar-refractivity contribution in [3.63, 3.8) is 0 Å².